The van der Waals surface area contributed by atoms with Crippen LogP contribution in [0.15, 0.2) is 78.9 Å². The van der Waals surface area contributed by atoms with Crippen LogP contribution in [0, 0.1) is 0 Å². The van der Waals surface area contributed by atoms with Crippen LogP contribution in [0.2, 0.25) is 0 Å². The van der Waals surface area contributed by atoms with Gasteiger partial charge in [0, 0.05) is 12.5 Å². The molecule has 164 valence electrons. The lowest BCUT2D eigenvalue weighted by molar-refractivity contribution is -0.114. The van der Waals surface area contributed by atoms with E-state index in [1.165, 1.54) is 18.3 Å². The molecule has 0 atom stereocenters. The number of rotatable bonds is 6. The summed E-state index contributed by atoms with van der Waals surface area (Å²) >= 11 is 1.25. The Balaban J connectivity index is 1.52. The molecule has 4 rings (SSSR count). The van der Waals surface area contributed by atoms with Gasteiger partial charge in [-0.1, -0.05) is 65.9 Å². The summed E-state index contributed by atoms with van der Waals surface area (Å²) in [6.07, 6.45) is 0. The molecule has 0 radical (unpaired) electrons. The van der Waals surface area contributed by atoms with E-state index in [0.717, 1.165) is 5.56 Å². The molecule has 33 heavy (non-hydrogen) atoms. The van der Waals surface area contributed by atoms with Crippen LogP contribution in [0.25, 0.3) is 10.6 Å². The predicted molar refractivity (Wildman–Crippen MR) is 128 cm³/mol. The Kier molecular flexibility index (Phi) is 6.51. The Morgan fingerprint density at radius 3 is 1.85 bits per heavy atom. The smallest absolute Gasteiger partial charge is 0.259 e. The summed E-state index contributed by atoms with van der Waals surface area (Å²) in [6, 6.07) is 22.8. The molecule has 0 aliphatic heterocycles. The van der Waals surface area contributed by atoms with Gasteiger partial charge in [-0.25, -0.2) is 0 Å². The van der Waals surface area contributed by atoms with Gasteiger partial charge >= 0.3 is 0 Å². The van der Waals surface area contributed by atoms with Crippen LogP contribution in [-0.2, 0) is 4.79 Å². The molecule has 0 aliphatic rings. The second-order valence-electron chi connectivity index (χ2n) is 6.96. The second-order valence-corrected chi connectivity index (χ2v) is 7.94. The summed E-state index contributed by atoms with van der Waals surface area (Å²) in [5.74, 6) is -1.18. The highest BCUT2D eigenvalue weighted by molar-refractivity contribution is 7.18. The van der Waals surface area contributed by atoms with Crippen molar-refractivity contribution in [2.45, 2.75) is 6.92 Å². The molecule has 0 spiro atoms. The molecule has 0 bridgehead atoms. The van der Waals surface area contributed by atoms with Gasteiger partial charge in [0.25, 0.3) is 11.8 Å². The fourth-order valence-corrected chi connectivity index (χ4v) is 3.84. The van der Waals surface area contributed by atoms with E-state index in [2.05, 4.69) is 26.1 Å². The highest BCUT2D eigenvalue weighted by Crippen LogP contribution is 2.27. The first-order valence-electron chi connectivity index (χ1n) is 9.98. The Hall–Kier alpha value is -4.37. The molecule has 4 aromatic rings. The van der Waals surface area contributed by atoms with Gasteiger partial charge in [0.05, 0.1) is 22.5 Å². The molecule has 1 aromatic heterocycles. The van der Waals surface area contributed by atoms with Gasteiger partial charge < -0.3 is 10.6 Å². The molecular weight excluding hydrogens is 438 g/mol. The molecule has 8 nitrogen and oxygen atoms in total. The number of anilines is 3. The largest absolute Gasteiger partial charge is 0.326 e. The Morgan fingerprint density at radius 1 is 0.667 bits per heavy atom. The van der Waals surface area contributed by atoms with Crippen LogP contribution in [0.4, 0.5) is 16.5 Å². The Bertz CT molecular complexity index is 1320. The van der Waals surface area contributed by atoms with Gasteiger partial charge in [-0.2, -0.15) is 0 Å². The molecule has 9 heteroatoms. The summed E-state index contributed by atoms with van der Waals surface area (Å²) in [6.45, 7) is 1.37. The lowest BCUT2D eigenvalue weighted by atomic mass is 10.1. The molecule has 3 N–H and O–H groups in total. The van der Waals surface area contributed by atoms with E-state index >= 15 is 0 Å². The third-order valence-electron chi connectivity index (χ3n) is 4.57. The second kappa shape index (κ2) is 9.84. The van der Waals surface area contributed by atoms with Crippen LogP contribution in [0.1, 0.15) is 27.6 Å². The van der Waals surface area contributed by atoms with E-state index in [0.29, 0.717) is 21.5 Å². The van der Waals surface area contributed by atoms with Crippen molar-refractivity contribution in [1.29, 1.82) is 0 Å². The van der Waals surface area contributed by atoms with Crippen LogP contribution >= 0.6 is 11.3 Å². The molecule has 0 unspecified atom stereocenters. The van der Waals surface area contributed by atoms with Crippen molar-refractivity contribution in [3.8, 4) is 10.6 Å². The van der Waals surface area contributed by atoms with Crippen molar-refractivity contribution in [3.05, 3.63) is 90.0 Å². The molecule has 0 saturated heterocycles. The predicted octanol–water partition coefficient (Wildman–Crippen LogP) is 4.67. The maximum absolute atomic E-state index is 12.9. The number of para-hydroxylation sites is 2. The van der Waals surface area contributed by atoms with Gasteiger partial charge in [-0.05, 0) is 24.3 Å². The van der Waals surface area contributed by atoms with E-state index in [1.54, 1.807) is 48.5 Å². The number of carbonyl (C=O) groups is 3. The average molecular weight is 458 g/mol. The van der Waals surface area contributed by atoms with Gasteiger partial charge in [-0.15, -0.1) is 10.2 Å². The number of carbonyl (C=O) groups excluding carboxylic acids is 3. The number of hydrogen-bond acceptors (Lipinski definition) is 6. The summed E-state index contributed by atoms with van der Waals surface area (Å²) in [5, 5.41) is 17.3. The molecule has 3 amide bonds. The number of nitrogens with one attached hydrogen (secondary N) is 3. The van der Waals surface area contributed by atoms with E-state index in [4.69, 9.17) is 0 Å². The molecule has 3 aromatic carbocycles. The first kappa shape index (κ1) is 21.8. The minimum absolute atomic E-state index is 0.263. The van der Waals surface area contributed by atoms with Crippen LogP contribution in [0.5, 0.6) is 0 Å². The van der Waals surface area contributed by atoms with Crippen molar-refractivity contribution in [1.82, 2.24) is 10.2 Å². The average Bonchev–Trinajstić information content (AvgIpc) is 3.28. The molecular formula is C24H19N5O3S. The minimum atomic E-state index is -0.457. The first-order valence-corrected chi connectivity index (χ1v) is 10.8. The van der Waals surface area contributed by atoms with Crippen molar-refractivity contribution < 1.29 is 14.4 Å². The highest BCUT2D eigenvalue weighted by Gasteiger charge is 2.18. The summed E-state index contributed by atoms with van der Waals surface area (Å²) in [5.41, 5.74) is 2.15. The van der Waals surface area contributed by atoms with E-state index < -0.39 is 11.8 Å². The maximum Gasteiger partial charge on any atom is 0.259 e. The van der Waals surface area contributed by atoms with Crippen LogP contribution in [0.3, 0.4) is 0 Å². The fourth-order valence-electron chi connectivity index (χ4n) is 3.10. The standard InChI is InChI=1S/C24H19N5O3S/c1-15(30)25-19-13-7-5-11-17(19)21(31)26-20-14-8-6-12-18(20)22(32)27-24-29-28-23(33-24)16-9-3-2-4-10-16/h2-14H,1H3,(H,25,30)(H,26,31)(H,27,29,32). The SMILES string of the molecule is CC(=O)Nc1ccccc1C(=O)Nc1ccccc1C(=O)Nc1nnc(-c2ccccc2)s1. The van der Waals surface area contributed by atoms with Gasteiger partial charge in [0.15, 0.2) is 0 Å². The maximum atomic E-state index is 12.9. The monoisotopic (exact) mass is 457 g/mol. The Morgan fingerprint density at radius 2 is 1.21 bits per heavy atom. The lowest BCUT2D eigenvalue weighted by Gasteiger charge is -2.13. The van der Waals surface area contributed by atoms with Crippen molar-refractivity contribution >= 4 is 45.6 Å². The lowest BCUT2D eigenvalue weighted by Crippen LogP contribution is -2.20. The van der Waals surface area contributed by atoms with Gasteiger partial charge in [-0.3, -0.25) is 19.7 Å². The molecule has 0 saturated carbocycles. The van der Waals surface area contributed by atoms with E-state index in [-0.39, 0.29) is 17.0 Å². The highest BCUT2D eigenvalue weighted by atomic mass is 32.1. The normalized spacial score (nSPS) is 10.3. The quantitative estimate of drug-likeness (QED) is 0.389. The third kappa shape index (κ3) is 5.28. The van der Waals surface area contributed by atoms with E-state index in [1.807, 2.05) is 30.3 Å². The van der Waals surface area contributed by atoms with E-state index in [9.17, 15) is 14.4 Å². The molecule has 0 aliphatic carbocycles. The summed E-state index contributed by atoms with van der Waals surface area (Å²) in [4.78, 5) is 37.3. The van der Waals surface area contributed by atoms with Gasteiger partial charge in [0.1, 0.15) is 5.01 Å². The minimum Gasteiger partial charge on any atom is -0.326 e. The number of nitrogens with zero attached hydrogens (tertiary/aromatic N) is 2. The number of aromatic nitrogens is 2. The van der Waals surface area contributed by atoms with Crippen molar-refractivity contribution in [3.63, 3.8) is 0 Å². The van der Waals surface area contributed by atoms with Crippen LogP contribution < -0.4 is 16.0 Å². The summed E-state index contributed by atoms with van der Waals surface area (Å²) in [7, 11) is 0. The molecule has 1 heterocycles. The van der Waals surface area contributed by atoms with Crippen molar-refractivity contribution in [2.75, 3.05) is 16.0 Å². The van der Waals surface area contributed by atoms with Crippen LogP contribution in [-0.4, -0.2) is 27.9 Å². The molecule has 0 fully saturated rings. The zero-order valence-corrected chi connectivity index (χ0v) is 18.3. The topological polar surface area (TPSA) is 113 Å². The zero-order chi connectivity index (χ0) is 23.2. The first-order chi connectivity index (χ1) is 16.0. The Labute approximate surface area is 193 Å². The number of hydrogen-bond donors (Lipinski definition) is 3. The number of benzene rings is 3. The zero-order valence-electron chi connectivity index (χ0n) is 17.5. The fraction of sp³-hybridized carbons (Fsp3) is 0.0417. The number of amides is 3. The third-order valence-corrected chi connectivity index (χ3v) is 5.46. The summed E-state index contributed by atoms with van der Waals surface area (Å²) < 4.78 is 0. The van der Waals surface area contributed by atoms with Crippen molar-refractivity contribution in [2.24, 2.45) is 0 Å². The van der Waals surface area contributed by atoms with Gasteiger partial charge in [0.2, 0.25) is 11.0 Å².